The first-order valence-electron chi connectivity index (χ1n) is 11.1. The van der Waals surface area contributed by atoms with Crippen LogP contribution in [0.25, 0.3) is 17.0 Å². The lowest BCUT2D eigenvalue weighted by Crippen LogP contribution is -2.36. The van der Waals surface area contributed by atoms with Gasteiger partial charge >= 0.3 is 0 Å². The van der Waals surface area contributed by atoms with Gasteiger partial charge < -0.3 is 19.1 Å². The number of phenols is 1. The average Bonchev–Trinajstić information content (AvgIpc) is 3.28. The maximum absolute atomic E-state index is 13.2. The number of hydrogen-bond donors (Lipinski definition) is 1. The number of piperidine rings is 1. The van der Waals surface area contributed by atoms with Crippen molar-refractivity contribution in [1.82, 2.24) is 9.47 Å². The summed E-state index contributed by atoms with van der Waals surface area (Å²) in [6, 6.07) is 9.58. The van der Waals surface area contributed by atoms with Crippen molar-refractivity contribution in [1.29, 1.82) is 0 Å². The number of methoxy groups -OCH3 is 1. The molecule has 0 saturated carbocycles. The number of allylic oxidation sites excluding steroid dienone is 1. The topological polar surface area (TPSA) is 63.9 Å². The van der Waals surface area contributed by atoms with Crippen molar-refractivity contribution in [3.63, 3.8) is 0 Å². The van der Waals surface area contributed by atoms with Gasteiger partial charge in [0.25, 0.3) is 0 Å². The standard InChI is InChI=1S/C26H28N2O4/c1-16-6-4-5-11-28(16)15-21-23(29)10-8-19-25(30)24(32-26(19)21)12-17-14-27(2)22-9-7-18(31-3)13-20(17)22/h7-10,12-14,16,29H,4-6,11,15H2,1-3H3/b24-12+/t16-/m0/s1. The summed E-state index contributed by atoms with van der Waals surface area (Å²) in [5.41, 5.74) is 3.12. The number of ketones is 1. The highest BCUT2D eigenvalue weighted by Crippen LogP contribution is 2.41. The van der Waals surface area contributed by atoms with Crippen molar-refractivity contribution >= 4 is 22.8 Å². The first kappa shape index (κ1) is 20.6. The third kappa shape index (κ3) is 3.45. The van der Waals surface area contributed by atoms with E-state index in [0.717, 1.165) is 41.6 Å². The molecular formula is C26H28N2O4. The Labute approximate surface area is 187 Å². The molecule has 2 aliphatic rings. The minimum Gasteiger partial charge on any atom is -0.507 e. The molecule has 1 atom stereocenters. The molecule has 0 aliphatic carbocycles. The Bertz CT molecular complexity index is 1240. The van der Waals surface area contributed by atoms with Crippen LogP contribution in [-0.2, 0) is 13.6 Å². The quantitative estimate of drug-likeness (QED) is 0.595. The largest absolute Gasteiger partial charge is 0.507 e. The van der Waals surface area contributed by atoms with E-state index >= 15 is 0 Å². The lowest BCUT2D eigenvalue weighted by atomic mass is 10.0. The van der Waals surface area contributed by atoms with Crippen molar-refractivity contribution in [2.45, 2.75) is 38.8 Å². The zero-order chi connectivity index (χ0) is 22.4. The molecule has 6 nitrogen and oxygen atoms in total. The number of nitrogens with zero attached hydrogens (tertiary/aromatic N) is 2. The van der Waals surface area contributed by atoms with E-state index in [0.29, 0.717) is 29.5 Å². The highest BCUT2D eigenvalue weighted by molar-refractivity contribution is 6.15. The fourth-order valence-corrected chi connectivity index (χ4v) is 4.83. The van der Waals surface area contributed by atoms with Crippen molar-refractivity contribution in [3.05, 3.63) is 59.0 Å². The number of phenolic OH excluding ortho intramolecular Hbond substituents is 1. The Morgan fingerprint density at radius 1 is 1.25 bits per heavy atom. The van der Waals surface area contributed by atoms with E-state index in [-0.39, 0.29) is 17.3 Å². The summed E-state index contributed by atoms with van der Waals surface area (Å²) in [6.45, 7) is 3.77. The third-order valence-corrected chi connectivity index (χ3v) is 6.73. The molecule has 1 saturated heterocycles. The van der Waals surface area contributed by atoms with Crippen LogP contribution < -0.4 is 9.47 Å². The van der Waals surface area contributed by atoms with Gasteiger partial charge in [-0.25, -0.2) is 0 Å². The van der Waals surface area contributed by atoms with Crippen LogP contribution >= 0.6 is 0 Å². The van der Waals surface area contributed by atoms with Gasteiger partial charge in [0.2, 0.25) is 5.78 Å². The van der Waals surface area contributed by atoms with E-state index in [9.17, 15) is 9.90 Å². The van der Waals surface area contributed by atoms with Gasteiger partial charge in [-0.3, -0.25) is 9.69 Å². The van der Waals surface area contributed by atoms with E-state index in [2.05, 4.69) is 11.8 Å². The van der Waals surface area contributed by atoms with Crippen molar-refractivity contribution < 1.29 is 19.4 Å². The molecule has 3 heterocycles. The van der Waals surface area contributed by atoms with Crippen LogP contribution in [0.2, 0.25) is 0 Å². The Morgan fingerprint density at radius 2 is 2.09 bits per heavy atom. The van der Waals surface area contributed by atoms with E-state index in [1.807, 2.05) is 36.0 Å². The molecule has 32 heavy (non-hydrogen) atoms. The Kier molecular flexibility index (Phi) is 5.18. The summed E-state index contributed by atoms with van der Waals surface area (Å²) < 4.78 is 13.5. The minimum absolute atomic E-state index is 0.159. The van der Waals surface area contributed by atoms with Gasteiger partial charge in [0, 0.05) is 42.3 Å². The molecule has 2 aromatic carbocycles. The van der Waals surface area contributed by atoms with Gasteiger partial charge in [-0.15, -0.1) is 0 Å². The summed E-state index contributed by atoms with van der Waals surface area (Å²) in [4.78, 5) is 15.5. The number of carbonyl (C=O) groups is 1. The number of carbonyl (C=O) groups excluding carboxylic acids is 1. The fourth-order valence-electron chi connectivity index (χ4n) is 4.83. The maximum Gasteiger partial charge on any atom is 0.231 e. The number of aromatic nitrogens is 1. The zero-order valence-corrected chi connectivity index (χ0v) is 18.7. The Balaban J connectivity index is 1.52. The number of rotatable bonds is 4. The predicted molar refractivity (Wildman–Crippen MR) is 124 cm³/mol. The number of aryl methyl sites for hydroxylation is 1. The SMILES string of the molecule is COc1ccc2c(c1)c(/C=C1/Oc3c(ccc(O)c3CN3CCCC[C@@H]3C)C1=O)cn2C. The number of fused-ring (bicyclic) bond motifs is 2. The number of aromatic hydroxyl groups is 1. The van der Waals surface area contributed by atoms with E-state index in [1.54, 1.807) is 25.3 Å². The summed E-state index contributed by atoms with van der Waals surface area (Å²) >= 11 is 0. The number of benzene rings is 2. The summed E-state index contributed by atoms with van der Waals surface area (Å²) in [5, 5.41) is 11.6. The Morgan fingerprint density at radius 3 is 2.88 bits per heavy atom. The van der Waals surface area contributed by atoms with Gasteiger partial charge in [0.1, 0.15) is 17.2 Å². The highest BCUT2D eigenvalue weighted by atomic mass is 16.5. The predicted octanol–water partition coefficient (Wildman–Crippen LogP) is 4.88. The summed E-state index contributed by atoms with van der Waals surface area (Å²) in [6.07, 6.45) is 7.29. The van der Waals surface area contributed by atoms with Crippen LogP contribution in [0.3, 0.4) is 0 Å². The van der Waals surface area contributed by atoms with Crippen LogP contribution in [0.5, 0.6) is 17.2 Å². The molecular weight excluding hydrogens is 404 g/mol. The Hall–Kier alpha value is -3.25. The minimum atomic E-state index is -0.159. The lowest BCUT2D eigenvalue weighted by Gasteiger charge is -2.33. The molecule has 0 radical (unpaired) electrons. The molecule has 3 aromatic rings. The number of Topliss-reactive ketones (excluding diaryl/α,β-unsaturated/α-hetero) is 1. The molecule has 2 aliphatic heterocycles. The third-order valence-electron chi connectivity index (χ3n) is 6.73. The van der Waals surface area contributed by atoms with Crippen LogP contribution in [0, 0.1) is 0 Å². The van der Waals surface area contributed by atoms with Gasteiger partial charge in [-0.2, -0.15) is 0 Å². The zero-order valence-electron chi connectivity index (χ0n) is 18.7. The second-order valence-corrected chi connectivity index (χ2v) is 8.77. The second-order valence-electron chi connectivity index (χ2n) is 8.77. The molecule has 0 amide bonds. The molecule has 0 bridgehead atoms. The molecule has 1 N–H and O–H groups in total. The van der Waals surface area contributed by atoms with Crippen LogP contribution in [-0.4, -0.2) is 40.1 Å². The summed E-state index contributed by atoms with van der Waals surface area (Å²) in [5.74, 6) is 1.53. The number of hydrogen-bond acceptors (Lipinski definition) is 5. The lowest BCUT2D eigenvalue weighted by molar-refractivity contribution is 0.101. The molecule has 6 heteroatoms. The monoisotopic (exact) mass is 432 g/mol. The van der Waals surface area contributed by atoms with Gasteiger partial charge in [0.05, 0.1) is 18.2 Å². The van der Waals surface area contributed by atoms with Gasteiger partial charge in [-0.05, 0) is 62.7 Å². The van der Waals surface area contributed by atoms with E-state index < -0.39 is 0 Å². The fraction of sp³-hybridized carbons (Fsp3) is 0.346. The van der Waals surface area contributed by atoms with E-state index in [4.69, 9.17) is 9.47 Å². The molecule has 166 valence electrons. The molecule has 5 rings (SSSR count). The molecule has 0 unspecified atom stereocenters. The second kappa shape index (κ2) is 8.02. The highest BCUT2D eigenvalue weighted by Gasteiger charge is 2.32. The molecule has 1 fully saturated rings. The van der Waals surface area contributed by atoms with Gasteiger partial charge in [-0.1, -0.05) is 6.42 Å². The normalized spacial score (nSPS) is 20.0. The van der Waals surface area contributed by atoms with Crippen LogP contribution in [0.4, 0.5) is 0 Å². The number of ether oxygens (including phenoxy) is 2. The molecule has 1 aromatic heterocycles. The van der Waals surface area contributed by atoms with Crippen LogP contribution in [0.15, 0.2) is 42.3 Å². The molecule has 0 spiro atoms. The van der Waals surface area contributed by atoms with Crippen LogP contribution in [0.1, 0.15) is 47.7 Å². The van der Waals surface area contributed by atoms with Gasteiger partial charge in [0.15, 0.2) is 5.76 Å². The van der Waals surface area contributed by atoms with Crippen molar-refractivity contribution in [3.8, 4) is 17.2 Å². The summed E-state index contributed by atoms with van der Waals surface area (Å²) in [7, 11) is 3.61. The van der Waals surface area contributed by atoms with Crippen molar-refractivity contribution in [2.24, 2.45) is 7.05 Å². The number of likely N-dealkylation sites (tertiary alicyclic amines) is 1. The van der Waals surface area contributed by atoms with E-state index in [1.165, 1.54) is 6.42 Å². The average molecular weight is 433 g/mol. The maximum atomic E-state index is 13.2. The smallest absolute Gasteiger partial charge is 0.231 e. The first-order valence-corrected chi connectivity index (χ1v) is 11.1. The van der Waals surface area contributed by atoms with Crippen molar-refractivity contribution in [2.75, 3.05) is 13.7 Å². The first-order chi connectivity index (χ1) is 15.5.